The van der Waals surface area contributed by atoms with Crippen LogP contribution in [0.5, 0.6) is 0 Å². The van der Waals surface area contributed by atoms with E-state index in [-0.39, 0.29) is 0 Å². The van der Waals surface area contributed by atoms with Crippen LogP contribution in [0, 0.1) is 11.3 Å². The monoisotopic (exact) mass is 258 g/mol. The van der Waals surface area contributed by atoms with Crippen LogP contribution >= 0.6 is 0 Å². The molecule has 102 valence electrons. The fourth-order valence-corrected chi connectivity index (χ4v) is 2.59. The lowest BCUT2D eigenvalue weighted by Crippen LogP contribution is -2.54. The van der Waals surface area contributed by atoms with Gasteiger partial charge in [-0.25, -0.2) is 0 Å². The Labute approximate surface area is 115 Å². The van der Waals surface area contributed by atoms with Crippen molar-refractivity contribution in [1.29, 1.82) is 5.26 Å². The number of nitrogens with two attached hydrogens (primary N) is 1. The van der Waals surface area contributed by atoms with Crippen LogP contribution in [0.15, 0.2) is 30.3 Å². The molecule has 1 aliphatic heterocycles. The average molecular weight is 258 g/mol. The summed E-state index contributed by atoms with van der Waals surface area (Å²) in [7, 11) is 2.14. The molecular weight excluding hydrogens is 236 g/mol. The van der Waals surface area contributed by atoms with Crippen LogP contribution in [0.4, 0.5) is 0 Å². The van der Waals surface area contributed by atoms with E-state index in [0.717, 1.165) is 19.6 Å². The van der Waals surface area contributed by atoms with Crippen LogP contribution in [0.25, 0.3) is 0 Å². The van der Waals surface area contributed by atoms with E-state index in [1.54, 1.807) is 6.92 Å². The van der Waals surface area contributed by atoms with Gasteiger partial charge in [0, 0.05) is 32.2 Å². The number of nitriles is 1. The van der Waals surface area contributed by atoms with Crippen molar-refractivity contribution in [3.05, 3.63) is 35.9 Å². The molecule has 2 rings (SSSR count). The van der Waals surface area contributed by atoms with Gasteiger partial charge in [-0.05, 0) is 19.5 Å². The molecule has 0 saturated carbocycles. The molecule has 1 aromatic rings. The lowest BCUT2D eigenvalue weighted by molar-refractivity contribution is 0.0787. The highest BCUT2D eigenvalue weighted by Gasteiger charge is 2.31. The second kappa shape index (κ2) is 5.70. The Hall–Kier alpha value is -1.41. The molecule has 2 N–H and O–H groups in total. The van der Waals surface area contributed by atoms with E-state index in [9.17, 15) is 0 Å². The van der Waals surface area contributed by atoms with E-state index >= 15 is 0 Å². The van der Waals surface area contributed by atoms with Crippen molar-refractivity contribution in [3.63, 3.8) is 0 Å². The van der Waals surface area contributed by atoms with Gasteiger partial charge in [-0.1, -0.05) is 30.3 Å². The number of rotatable bonds is 3. The smallest absolute Gasteiger partial charge is 0.114 e. The molecule has 1 fully saturated rings. The zero-order valence-corrected chi connectivity index (χ0v) is 11.7. The zero-order chi connectivity index (χ0) is 13.9. The molecule has 0 amide bonds. The van der Waals surface area contributed by atoms with Crippen LogP contribution in [0.1, 0.15) is 18.5 Å². The summed E-state index contributed by atoms with van der Waals surface area (Å²) in [4.78, 5) is 4.66. The number of hydrogen-bond acceptors (Lipinski definition) is 4. The third-order valence-corrected chi connectivity index (χ3v) is 3.67. The van der Waals surface area contributed by atoms with Gasteiger partial charge in [0.05, 0.1) is 6.07 Å². The molecule has 4 nitrogen and oxygen atoms in total. The first-order chi connectivity index (χ1) is 9.02. The molecule has 19 heavy (non-hydrogen) atoms. The Bertz CT molecular complexity index is 449. The number of nitrogens with zero attached hydrogens (tertiary/aromatic N) is 3. The van der Waals surface area contributed by atoms with Crippen LogP contribution in [0.3, 0.4) is 0 Å². The summed E-state index contributed by atoms with van der Waals surface area (Å²) in [6.07, 6.45) is 0. The lowest BCUT2D eigenvalue weighted by atomic mass is 9.98. The number of hydrogen-bond donors (Lipinski definition) is 1. The van der Waals surface area contributed by atoms with Crippen LogP contribution in [-0.2, 0) is 0 Å². The fourth-order valence-electron chi connectivity index (χ4n) is 2.59. The van der Waals surface area contributed by atoms with Crippen molar-refractivity contribution >= 4 is 0 Å². The van der Waals surface area contributed by atoms with Crippen molar-refractivity contribution in [1.82, 2.24) is 9.80 Å². The van der Waals surface area contributed by atoms with Crippen molar-refractivity contribution < 1.29 is 0 Å². The molecule has 1 aromatic carbocycles. The maximum absolute atomic E-state index is 9.12. The highest BCUT2D eigenvalue weighted by atomic mass is 15.3. The van der Waals surface area contributed by atoms with Crippen molar-refractivity contribution in [2.45, 2.75) is 18.5 Å². The summed E-state index contributed by atoms with van der Waals surface area (Å²) >= 11 is 0. The molecule has 0 aromatic heterocycles. The highest BCUT2D eigenvalue weighted by molar-refractivity contribution is 5.20. The van der Waals surface area contributed by atoms with Crippen molar-refractivity contribution in [2.75, 3.05) is 33.2 Å². The van der Waals surface area contributed by atoms with E-state index in [4.69, 9.17) is 11.0 Å². The maximum Gasteiger partial charge on any atom is 0.114 e. The molecular formula is C15H22N4. The van der Waals surface area contributed by atoms with Gasteiger partial charge in [-0.2, -0.15) is 5.26 Å². The summed E-state index contributed by atoms with van der Waals surface area (Å²) in [6, 6.07) is 13.0. The minimum atomic E-state index is -0.789. The summed E-state index contributed by atoms with van der Waals surface area (Å²) in [5, 5.41) is 9.12. The van der Waals surface area contributed by atoms with Gasteiger partial charge in [0.15, 0.2) is 0 Å². The van der Waals surface area contributed by atoms with E-state index in [0.29, 0.717) is 12.6 Å². The largest absolute Gasteiger partial charge is 0.313 e. The Balaban J connectivity index is 2.18. The number of likely N-dealkylation sites (N-methyl/N-ethyl adjacent to an activating group) is 1. The Morgan fingerprint density at radius 3 is 2.68 bits per heavy atom. The third kappa shape index (κ3) is 3.54. The predicted octanol–water partition coefficient (Wildman–Crippen LogP) is 1.22. The summed E-state index contributed by atoms with van der Waals surface area (Å²) in [5.41, 5.74) is 6.51. The highest BCUT2D eigenvalue weighted by Crippen LogP contribution is 2.25. The minimum Gasteiger partial charge on any atom is -0.313 e. The molecule has 1 heterocycles. The summed E-state index contributed by atoms with van der Waals surface area (Å²) < 4.78 is 0. The molecule has 0 spiro atoms. The van der Waals surface area contributed by atoms with E-state index in [1.807, 2.05) is 6.07 Å². The van der Waals surface area contributed by atoms with E-state index < -0.39 is 5.54 Å². The van der Waals surface area contributed by atoms with Gasteiger partial charge in [0.2, 0.25) is 0 Å². The van der Waals surface area contributed by atoms with E-state index in [1.165, 1.54) is 5.56 Å². The number of benzene rings is 1. The fraction of sp³-hybridized carbons (Fsp3) is 0.533. The second-order valence-corrected chi connectivity index (χ2v) is 5.69. The molecule has 1 aliphatic rings. The van der Waals surface area contributed by atoms with Gasteiger partial charge in [0.25, 0.3) is 0 Å². The van der Waals surface area contributed by atoms with Gasteiger partial charge in [0.1, 0.15) is 5.54 Å². The van der Waals surface area contributed by atoms with Crippen LogP contribution in [-0.4, -0.2) is 48.6 Å². The Kier molecular flexibility index (Phi) is 4.20. The first-order valence-corrected chi connectivity index (χ1v) is 6.69. The molecule has 4 heteroatoms. The summed E-state index contributed by atoms with van der Waals surface area (Å²) in [6.45, 7) is 5.35. The average Bonchev–Trinajstić information content (AvgIpc) is 2.42. The van der Waals surface area contributed by atoms with Crippen LogP contribution < -0.4 is 5.73 Å². The standard InChI is InChI=1S/C15H22N4/c1-15(17,11-16)12-19-9-8-18(2)10-14(19)13-6-4-3-5-7-13/h3-7,14H,8-10,12,17H2,1-2H3. The predicted molar refractivity (Wildman–Crippen MR) is 76.5 cm³/mol. The Morgan fingerprint density at radius 2 is 2.05 bits per heavy atom. The SMILES string of the molecule is CN1CCN(CC(C)(N)C#N)C(c2ccccc2)C1. The van der Waals surface area contributed by atoms with Gasteiger partial charge in [-0.15, -0.1) is 0 Å². The first-order valence-electron chi connectivity index (χ1n) is 6.69. The molecule has 2 unspecified atom stereocenters. The zero-order valence-electron chi connectivity index (χ0n) is 11.7. The lowest BCUT2D eigenvalue weighted by Gasteiger charge is -2.42. The Morgan fingerprint density at radius 1 is 1.37 bits per heavy atom. The third-order valence-electron chi connectivity index (χ3n) is 3.67. The van der Waals surface area contributed by atoms with Crippen molar-refractivity contribution in [2.24, 2.45) is 5.73 Å². The molecule has 1 saturated heterocycles. The topological polar surface area (TPSA) is 56.3 Å². The van der Waals surface area contributed by atoms with Crippen LogP contribution in [0.2, 0.25) is 0 Å². The van der Waals surface area contributed by atoms with Gasteiger partial charge >= 0.3 is 0 Å². The second-order valence-electron chi connectivity index (χ2n) is 5.69. The molecule has 0 aliphatic carbocycles. The normalized spacial score (nSPS) is 24.6. The number of piperazine rings is 1. The maximum atomic E-state index is 9.12. The van der Waals surface area contributed by atoms with Gasteiger partial charge in [-0.3, -0.25) is 4.90 Å². The quantitative estimate of drug-likeness (QED) is 0.885. The molecule has 0 bridgehead atoms. The summed E-state index contributed by atoms with van der Waals surface area (Å²) in [5.74, 6) is 0. The molecule has 0 radical (unpaired) electrons. The van der Waals surface area contributed by atoms with E-state index in [2.05, 4.69) is 47.2 Å². The minimum absolute atomic E-state index is 0.316. The molecule has 2 atom stereocenters. The van der Waals surface area contributed by atoms with Gasteiger partial charge < -0.3 is 10.6 Å². The first kappa shape index (κ1) is 14.0. The van der Waals surface area contributed by atoms with Crippen molar-refractivity contribution in [3.8, 4) is 6.07 Å².